The van der Waals surface area contributed by atoms with Crippen molar-refractivity contribution in [2.75, 3.05) is 5.75 Å². The standard InChI is InChI=1S/C12H12F3NS/c1-8-3-4-11(9(2)5-8)17-7-10(6-16)12(13,14)15/h3-5,10H,7H2,1-2H3. The molecule has 1 nitrogen and oxygen atoms in total. The van der Waals surface area contributed by atoms with Crippen LogP contribution in [0.5, 0.6) is 0 Å². The number of hydrogen-bond donors (Lipinski definition) is 0. The molecular weight excluding hydrogens is 247 g/mol. The SMILES string of the molecule is Cc1ccc(SCC(C#N)C(F)(F)F)c(C)c1. The molecule has 0 spiro atoms. The highest BCUT2D eigenvalue weighted by atomic mass is 32.2. The van der Waals surface area contributed by atoms with Gasteiger partial charge in [-0.3, -0.25) is 0 Å². The summed E-state index contributed by atoms with van der Waals surface area (Å²) in [6.45, 7) is 3.78. The number of alkyl halides is 3. The van der Waals surface area contributed by atoms with Gasteiger partial charge in [-0.2, -0.15) is 18.4 Å². The molecular formula is C12H12F3NS. The molecule has 1 unspecified atom stereocenters. The van der Waals surface area contributed by atoms with E-state index in [1.54, 1.807) is 6.07 Å². The summed E-state index contributed by atoms with van der Waals surface area (Å²) in [5.41, 5.74) is 2.01. The third-order valence-electron chi connectivity index (χ3n) is 2.29. The van der Waals surface area contributed by atoms with Crippen molar-refractivity contribution in [2.45, 2.75) is 24.9 Å². The van der Waals surface area contributed by atoms with Crippen molar-refractivity contribution >= 4 is 11.8 Å². The summed E-state index contributed by atoms with van der Waals surface area (Å²) in [5.74, 6) is -2.17. The molecule has 0 heterocycles. The Morgan fingerprint density at radius 2 is 2.00 bits per heavy atom. The number of halogens is 3. The number of nitrogens with zero attached hydrogens (tertiary/aromatic N) is 1. The van der Waals surface area contributed by atoms with Gasteiger partial charge < -0.3 is 0 Å². The van der Waals surface area contributed by atoms with Gasteiger partial charge in [0.05, 0.1) is 6.07 Å². The van der Waals surface area contributed by atoms with Crippen molar-refractivity contribution in [3.8, 4) is 6.07 Å². The smallest absolute Gasteiger partial charge is 0.198 e. The maximum atomic E-state index is 12.4. The molecule has 0 saturated heterocycles. The van der Waals surface area contributed by atoms with Gasteiger partial charge in [0.25, 0.3) is 0 Å². The highest BCUT2D eigenvalue weighted by molar-refractivity contribution is 7.99. The third kappa shape index (κ3) is 3.97. The second kappa shape index (κ2) is 5.46. The Labute approximate surface area is 103 Å². The normalized spacial score (nSPS) is 13.2. The molecule has 0 N–H and O–H groups in total. The van der Waals surface area contributed by atoms with Crippen LogP contribution < -0.4 is 0 Å². The summed E-state index contributed by atoms with van der Waals surface area (Å²) >= 11 is 1.07. The number of nitriles is 1. The van der Waals surface area contributed by atoms with E-state index in [1.165, 1.54) is 6.07 Å². The van der Waals surface area contributed by atoms with E-state index in [0.29, 0.717) is 0 Å². The quantitative estimate of drug-likeness (QED) is 0.763. The van der Waals surface area contributed by atoms with E-state index in [-0.39, 0.29) is 5.75 Å². The van der Waals surface area contributed by atoms with Crippen molar-refractivity contribution < 1.29 is 13.2 Å². The van der Waals surface area contributed by atoms with Gasteiger partial charge in [-0.05, 0) is 25.5 Å². The van der Waals surface area contributed by atoms with Crippen LogP contribution in [0.25, 0.3) is 0 Å². The van der Waals surface area contributed by atoms with E-state index >= 15 is 0 Å². The molecule has 0 aliphatic rings. The van der Waals surface area contributed by atoms with E-state index in [2.05, 4.69) is 0 Å². The largest absolute Gasteiger partial charge is 0.405 e. The minimum Gasteiger partial charge on any atom is -0.198 e. The fraction of sp³-hybridized carbons (Fsp3) is 0.417. The van der Waals surface area contributed by atoms with Crippen LogP contribution in [0.3, 0.4) is 0 Å². The predicted octanol–water partition coefficient (Wildman–Crippen LogP) is 4.10. The van der Waals surface area contributed by atoms with E-state index in [1.807, 2.05) is 26.0 Å². The predicted molar refractivity (Wildman–Crippen MR) is 61.8 cm³/mol. The van der Waals surface area contributed by atoms with Crippen molar-refractivity contribution in [1.29, 1.82) is 5.26 Å². The lowest BCUT2D eigenvalue weighted by Crippen LogP contribution is -2.23. The van der Waals surface area contributed by atoms with E-state index in [9.17, 15) is 13.2 Å². The van der Waals surface area contributed by atoms with Crippen molar-refractivity contribution in [3.63, 3.8) is 0 Å². The van der Waals surface area contributed by atoms with Gasteiger partial charge in [0.15, 0.2) is 5.92 Å². The number of thioether (sulfide) groups is 1. The Balaban J connectivity index is 2.71. The minimum absolute atomic E-state index is 0.260. The van der Waals surface area contributed by atoms with Crippen LogP contribution >= 0.6 is 11.8 Å². The van der Waals surface area contributed by atoms with Crippen LogP contribution in [-0.4, -0.2) is 11.9 Å². The Bertz CT molecular complexity index is 434. The Hall–Kier alpha value is -1.15. The molecule has 0 amide bonds. The fourth-order valence-corrected chi connectivity index (χ4v) is 2.40. The molecule has 17 heavy (non-hydrogen) atoms. The van der Waals surface area contributed by atoms with Crippen LogP contribution in [-0.2, 0) is 0 Å². The van der Waals surface area contributed by atoms with Crippen LogP contribution in [0, 0.1) is 31.1 Å². The zero-order chi connectivity index (χ0) is 13.1. The van der Waals surface area contributed by atoms with Gasteiger partial charge in [0.2, 0.25) is 0 Å². The molecule has 0 aromatic heterocycles. The van der Waals surface area contributed by atoms with Gasteiger partial charge in [-0.25, -0.2) is 0 Å². The molecule has 0 aliphatic carbocycles. The minimum atomic E-state index is -4.44. The first kappa shape index (κ1) is 13.9. The maximum absolute atomic E-state index is 12.4. The summed E-state index contributed by atoms with van der Waals surface area (Å²) in [6.07, 6.45) is -4.44. The van der Waals surface area contributed by atoms with Gasteiger partial charge in [-0.1, -0.05) is 17.7 Å². The maximum Gasteiger partial charge on any atom is 0.405 e. The van der Waals surface area contributed by atoms with Crippen molar-refractivity contribution in [3.05, 3.63) is 29.3 Å². The second-order valence-corrected chi connectivity index (χ2v) is 4.87. The fourth-order valence-electron chi connectivity index (χ4n) is 1.34. The summed E-state index contributed by atoms with van der Waals surface area (Å²) < 4.78 is 37.1. The molecule has 0 fully saturated rings. The van der Waals surface area contributed by atoms with Crippen LogP contribution in [0.15, 0.2) is 23.1 Å². The number of aryl methyl sites for hydroxylation is 2. The van der Waals surface area contributed by atoms with E-state index in [0.717, 1.165) is 27.8 Å². The lowest BCUT2D eigenvalue weighted by atomic mass is 10.2. The molecule has 0 radical (unpaired) electrons. The lowest BCUT2D eigenvalue weighted by Gasteiger charge is -2.13. The molecule has 0 saturated carbocycles. The summed E-state index contributed by atoms with van der Waals surface area (Å²) in [7, 11) is 0. The third-order valence-corrected chi connectivity index (χ3v) is 3.56. The van der Waals surface area contributed by atoms with E-state index in [4.69, 9.17) is 5.26 Å². The van der Waals surface area contributed by atoms with Crippen LogP contribution in [0.2, 0.25) is 0 Å². The molecule has 1 rings (SSSR count). The summed E-state index contributed by atoms with van der Waals surface area (Å²) in [6, 6.07) is 6.85. The summed E-state index contributed by atoms with van der Waals surface area (Å²) in [4.78, 5) is 0.792. The highest BCUT2D eigenvalue weighted by Crippen LogP contribution is 2.32. The number of hydrogen-bond acceptors (Lipinski definition) is 2. The topological polar surface area (TPSA) is 23.8 Å². The van der Waals surface area contributed by atoms with Crippen LogP contribution in [0.1, 0.15) is 11.1 Å². The van der Waals surface area contributed by atoms with E-state index < -0.39 is 12.1 Å². The summed E-state index contributed by atoms with van der Waals surface area (Å²) in [5, 5.41) is 8.47. The molecule has 0 aliphatic heterocycles. The van der Waals surface area contributed by atoms with Crippen LogP contribution in [0.4, 0.5) is 13.2 Å². The Morgan fingerprint density at radius 1 is 1.35 bits per heavy atom. The second-order valence-electron chi connectivity index (χ2n) is 3.80. The lowest BCUT2D eigenvalue weighted by molar-refractivity contribution is -0.152. The molecule has 1 aromatic rings. The highest BCUT2D eigenvalue weighted by Gasteiger charge is 2.39. The first-order valence-electron chi connectivity index (χ1n) is 5.01. The van der Waals surface area contributed by atoms with Gasteiger partial charge in [0, 0.05) is 10.6 Å². The molecule has 1 aromatic carbocycles. The molecule has 0 bridgehead atoms. The zero-order valence-electron chi connectivity index (χ0n) is 9.51. The number of rotatable bonds is 3. The van der Waals surface area contributed by atoms with Gasteiger partial charge >= 0.3 is 6.18 Å². The monoisotopic (exact) mass is 259 g/mol. The Kier molecular flexibility index (Phi) is 4.47. The zero-order valence-corrected chi connectivity index (χ0v) is 10.3. The number of benzene rings is 1. The first-order valence-corrected chi connectivity index (χ1v) is 5.99. The van der Waals surface area contributed by atoms with Crippen molar-refractivity contribution in [1.82, 2.24) is 0 Å². The molecule has 1 atom stereocenters. The average Bonchev–Trinajstić information content (AvgIpc) is 2.19. The van der Waals surface area contributed by atoms with Crippen molar-refractivity contribution in [2.24, 2.45) is 5.92 Å². The average molecular weight is 259 g/mol. The van der Waals surface area contributed by atoms with Gasteiger partial charge in [0.1, 0.15) is 0 Å². The van der Waals surface area contributed by atoms with Gasteiger partial charge in [-0.15, -0.1) is 11.8 Å². The first-order chi connectivity index (χ1) is 7.84. The molecule has 92 valence electrons. The molecule has 5 heteroatoms. The Morgan fingerprint density at radius 3 is 2.47 bits per heavy atom.